The Kier molecular flexibility index (Phi) is 14.4. The maximum absolute atomic E-state index is 5.94. The highest BCUT2D eigenvalue weighted by Crippen LogP contribution is 2.14. The molecular weight excluding hydrogens is 465 g/mol. The molecule has 1 aromatic carbocycles. The third-order valence-electron chi connectivity index (χ3n) is 5.07. The first-order valence-corrected chi connectivity index (χ1v) is 10.4. The number of hydrogen-bond acceptors (Lipinski definition) is 3. The quantitative estimate of drug-likeness (QED) is 0.214. The van der Waals surface area contributed by atoms with Crippen molar-refractivity contribution in [2.75, 3.05) is 47.0 Å². The maximum Gasteiger partial charge on any atom is 0.193 e. The summed E-state index contributed by atoms with van der Waals surface area (Å²) in [5.74, 6) is 1.04. The van der Waals surface area contributed by atoms with Crippen LogP contribution in [-0.2, 0) is 15.9 Å². The third kappa shape index (κ3) is 10.1. The molecule has 1 heterocycles. The van der Waals surface area contributed by atoms with Gasteiger partial charge in [0.2, 0.25) is 0 Å². The SMILES string of the molecule is CN=C(NCCCCCc1ccccc1)N1CCC(OCCCOC)CC1.I. The molecule has 0 atom stereocenters. The van der Waals surface area contributed by atoms with Crippen molar-refractivity contribution in [3.05, 3.63) is 35.9 Å². The van der Waals surface area contributed by atoms with Crippen LogP contribution in [-0.4, -0.2) is 64.0 Å². The minimum absolute atomic E-state index is 0. The zero-order chi connectivity index (χ0) is 19.2. The molecule has 0 unspecified atom stereocenters. The molecule has 0 aromatic heterocycles. The van der Waals surface area contributed by atoms with E-state index >= 15 is 0 Å². The number of rotatable bonds is 11. The van der Waals surface area contributed by atoms with Crippen LogP contribution in [0.3, 0.4) is 0 Å². The van der Waals surface area contributed by atoms with Gasteiger partial charge in [0.05, 0.1) is 6.10 Å². The number of unbranched alkanes of at least 4 members (excludes halogenated alkanes) is 2. The number of nitrogens with one attached hydrogen (secondary N) is 1. The average Bonchev–Trinajstić information content (AvgIpc) is 2.72. The van der Waals surface area contributed by atoms with Crippen molar-refractivity contribution in [2.45, 2.75) is 51.0 Å². The lowest BCUT2D eigenvalue weighted by atomic mass is 10.1. The Balaban J connectivity index is 0.00000392. The van der Waals surface area contributed by atoms with Gasteiger partial charge in [0.1, 0.15) is 0 Å². The van der Waals surface area contributed by atoms with Gasteiger partial charge in [0.25, 0.3) is 0 Å². The molecule has 0 aliphatic carbocycles. The number of hydrogen-bond donors (Lipinski definition) is 1. The molecule has 1 saturated heterocycles. The second-order valence-corrected chi connectivity index (χ2v) is 7.17. The minimum Gasteiger partial charge on any atom is -0.385 e. The Bertz CT molecular complexity index is 520. The highest BCUT2D eigenvalue weighted by atomic mass is 127. The lowest BCUT2D eigenvalue weighted by Crippen LogP contribution is -2.47. The van der Waals surface area contributed by atoms with Crippen molar-refractivity contribution in [2.24, 2.45) is 4.99 Å². The van der Waals surface area contributed by atoms with Crippen LogP contribution in [0.4, 0.5) is 0 Å². The van der Waals surface area contributed by atoms with Crippen molar-refractivity contribution in [1.82, 2.24) is 10.2 Å². The summed E-state index contributed by atoms with van der Waals surface area (Å²) in [7, 11) is 3.62. The lowest BCUT2D eigenvalue weighted by Gasteiger charge is -2.34. The normalized spacial score (nSPS) is 15.4. The Labute approximate surface area is 188 Å². The summed E-state index contributed by atoms with van der Waals surface area (Å²) >= 11 is 0. The summed E-state index contributed by atoms with van der Waals surface area (Å²) in [6, 6.07) is 10.7. The van der Waals surface area contributed by atoms with Gasteiger partial charge < -0.3 is 19.7 Å². The molecule has 0 bridgehead atoms. The van der Waals surface area contributed by atoms with Gasteiger partial charge in [-0.3, -0.25) is 4.99 Å². The van der Waals surface area contributed by atoms with Gasteiger partial charge in [0, 0.05) is 47.0 Å². The number of aliphatic imine (C=N–C) groups is 1. The summed E-state index contributed by atoms with van der Waals surface area (Å²) < 4.78 is 11.0. The molecule has 5 nitrogen and oxygen atoms in total. The van der Waals surface area contributed by atoms with E-state index in [-0.39, 0.29) is 24.0 Å². The first-order chi connectivity index (χ1) is 13.3. The van der Waals surface area contributed by atoms with Gasteiger partial charge >= 0.3 is 0 Å². The van der Waals surface area contributed by atoms with Crippen LogP contribution < -0.4 is 5.32 Å². The van der Waals surface area contributed by atoms with Gasteiger partial charge in [-0.1, -0.05) is 36.8 Å². The number of nitrogens with zero attached hydrogens (tertiary/aromatic N) is 2. The van der Waals surface area contributed by atoms with Crippen LogP contribution >= 0.6 is 24.0 Å². The fraction of sp³-hybridized carbons (Fsp3) is 0.682. The number of halogens is 1. The summed E-state index contributed by atoms with van der Waals surface area (Å²) in [5, 5.41) is 3.53. The Morgan fingerprint density at radius 1 is 1.07 bits per heavy atom. The van der Waals surface area contributed by atoms with E-state index in [1.807, 2.05) is 7.05 Å². The first kappa shape index (κ1) is 25.2. The summed E-state index contributed by atoms with van der Waals surface area (Å²) in [6.45, 7) is 4.61. The van der Waals surface area contributed by atoms with E-state index in [9.17, 15) is 0 Å². The maximum atomic E-state index is 5.94. The molecule has 1 fully saturated rings. The number of methoxy groups -OCH3 is 1. The Morgan fingerprint density at radius 2 is 1.82 bits per heavy atom. The molecule has 1 aromatic rings. The van der Waals surface area contributed by atoms with Crippen LogP contribution in [0.1, 0.15) is 44.1 Å². The van der Waals surface area contributed by atoms with Crippen molar-refractivity contribution in [3.8, 4) is 0 Å². The van der Waals surface area contributed by atoms with Gasteiger partial charge in [-0.2, -0.15) is 0 Å². The minimum atomic E-state index is 0. The summed E-state index contributed by atoms with van der Waals surface area (Å²) in [6.07, 6.45) is 8.36. The lowest BCUT2D eigenvalue weighted by molar-refractivity contribution is 0.00991. The van der Waals surface area contributed by atoms with Crippen molar-refractivity contribution < 1.29 is 9.47 Å². The van der Waals surface area contributed by atoms with Gasteiger partial charge in [-0.05, 0) is 44.1 Å². The molecule has 28 heavy (non-hydrogen) atoms. The van der Waals surface area contributed by atoms with Gasteiger partial charge in [-0.25, -0.2) is 0 Å². The molecule has 0 radical (unpaired) electrons. The van der Waals surface area contributed by atoms with Crippen LogP contribution in [0.15, 0.2) is 35.3 Å². The highest BCUT2D eigenvalue weighted by molar-refractivity contribution is 14.0. The molecular formula is C22H38IN3O2. The van der Waals surface area contributed by atoms with Crippen LogP contribution in [0, 0.1) is 0 Å². The zero-order valence-corrected chi connectivity index (χ0v) is 19.9. The number of aryl methyl sites for hydroxylation is 1. The molecule has 1 N–H and O–H groups in total. The topological polar surface area (TPSA) is 46.1 Å². The second kappa shape index (κ2) is 16.0. The van der Waals surface area contributed by atoms with E-state index in [4.69, 9.17) is 9.47 Å². The van der Waals surface area contributed by atoms with E-state index in [1.165, 1.54) is 31.2 Å². The Hall–Kier alpha value is -0.860. The van der Waals surface area contributed by atoms with E-state index in [0.717, 1.165) is 58.1 Å². The Morgan fingerprint density at radius 3 is 2.50 bits per heavy atom. The van der Waals surface area contributed by atoms with E-state index in [1.54, 1.807) is 7.11 Å². The second-order valence-electron chi connectivity index (χ2n) is 7.17. The number of likely N-dealkylation sites (tertiary alicyclic amines) is 1. The van der Waals surface area contributed by atoms with Crippen molar-refractivity contribution in [3.63, 3.8) is 0 Å². The highest BCUT2D eigenvalue weighted by Gasteiger charge is 2.21. The third-order valence-corrected chi connectivity index (χ3v) is 5.07. The molecule has 1 aliphatic heterocycles. The number of piperidine rings is 1. The smallest absolute Gasteiger partial charge is 0.193 e. The predicted molar refractivity (Wildman–Crippen MR) is 128 cm³/mol. The molecule has 0 amide bonds. The predicted octanol–water partition coefficient (Wildman–Crippen LogP) is 4.11. The number of guanidine groups is 1. The number of benzene rings is 1. The summed E-state index contributed by atoms with van der Waals surface area (Å²) in [5.41, 5.74) is 1.44. The fourth-order valence-corrected chi connectivity index (χ4v) is 3.50. The van der Waals surface area contributed by atoms with Crippen LogP contribution in [0.2, 0.25) is 0 Å². The van der Waals surface area contributed by atoms with E-state index in [2.05, 4.69) is 45.5 Å². The van der Waals surface area contributed by atoms with Gasteiger partial charge in [0.15, 0.2) is 5.96 Å². The molecule has 6 heteroatoms. The van der Waals surface area contributed by atoms with Gasteiger partial charge in [-0.15, -0.1) is 24.0 Å². The monoisotopic (exact) mass is 503 g/mol. The molecule has 1 aliphatic rings. The van der Waals surface area contributed by atoms with Crippen molar-refractivity contribution >= 4 is 29.9 Å². The first-order valence-electron chi connectivity index (χ1n) is 10.4. The molecule has 2 rings (SSSR count). The number of ether oxygens (including phenoxy) is 2. The summed E-state index contributed by atoms with van der Waals surface area (Å²) in [4.78, 5) is 6.82. The molecule has 0 saturated carbocycles. The molecule has 0 spiro atoms. The van der Waals surface area contributed by atoms with Crippen LogP contribution in [0.5, 0.6) is 0 Å². The van der Waals surface area contributed by atoms with Crippen LogP contribution in [0.25, 0.3) is 0 Å². The van der Waals surface area contributed by atoms with E-state index in [0.29, 0.717) is 6.10 Å². The van der Waals surface area contributed by atoms with E-state index < -0.39 is 0 Å². The average molecular weight is 503 g/mol. The van der Waals surface area contributed by atoms with Crippen molar-refractivity contribution in [1.29, 1.82) is 0 Å². The largest absolute Gasteiger partial charge is 0.385 e. The standard InChI is InChI=1S/C22H37N3O2.HI/c1-23-22(24-15-8-4-7-12-20-10-5-3-6-11-20)25-16-13-21(14-17-25)27-19-9-18-26-2;/h3,5-6,10-11,21H,4,7-9,12-19H2,1-2H3,(H,23,24);1H. The zero-order valence-electron chi connectivity index (χ0n) is 17.6. The molecule has 160 valence electrons. The fourth-order valence-electron chi connectivity index (χ4n) is 3.50.